The van der Waals surface area contributed by atoms with Gasteiger partial charge in [-0.3, -0.25) is 14.4 Å². The zero-order valence-corrected chi connectivity index (χ0v) is 16.4. The number of hydrogen-bond acceptors (Lipinski definition) is 3. The zero-order chi connectivity index (χ0) is 20.7. The van der Waals surface area contributed by atoms with Crippen LogP contribution >= 0.6 is 0 Å². The summed E-state index contributed by atoms with van der Waals surface area (Å²) in [5, 5.41) is 2.83. The quantitative estimate of drug-likeness (QED) is 0.668. The van der Waals surface area contributed by atoms with E-state index in [0.717, 1.165) is 16.7 Å². The van der Waals surface area contributed by atoms with Crippen molar-refractivity contribution in [1.29, 1.82) is 0 Å². The van der Waals surface area contributed by atoms with E-state index in [0.29, 0.717) is 22.5 Å². The molecule has 3 amide bonds. The van der Waals surface area contributed by atoms with Gasteiger partial charge in [0.25, 0.3) is 17.7 Å². The number of carbonyl (C=O) groups excluding carboxylic acids is 3. The van der Waals surface area contributed by atoms with Gasteiger partial charge in [0.15, 0.2) is 0 Å². The maximum atomic E-state index is 13.0. The molecule has 3 aromatic rings. The summed E-state index contributed by atoms with van der Waals surface area (Å²) >= 11 is 0. The molecule has 5 nitrogen and oxygen atoms in total. The number of imide groups is 1. The van der Waals surface area contributed by atoms with Crippen molar-refractivity contribution >= 4 is 29.1 Å². The van der Waals surface area contributed by atoms with Crippen molar-refractivity contribution < 1.29 is 14.4 Å². The molecule has 0 aromatic heterocycles. The lowest BCUT2D eigenvalue weighted by molar-refractivity contribution is 0.0925. The molecule has 0 bridgehead atoms. The highest BCUT2D eigenvalue weighted by Gasteiger charge is 2.37. The monoisotopic (exact) mass is 384 g/mol. The third-order valence-corrected chi connectivity index (χ3v) is 5.03. The predicted octanol–water partition coefficient (Wildman–Crippen LogP) is 4.66. The van der Waals surface area contributed by atoms with Crippen LogP contribution in [0.1, 0.15) is 47.8 Å². The van der Waals surface area contributed by atoms with Crippen LogP contribution < -0.4 is 10.2 Å². The highest BCUT2D eigenvalue weighted by molar-refractivity contribution is 6.35. The van der Waals surface area contributed by atoms with Gasteiger partial charge in [-0.1, -0.05) is 24.3 Å². The molecule has 0 atom stereocenters. The number of carbonyl (C=O) groups is 3. The second-order valence-electron chi connectivity index (χ2n) is 7.32. The molecule has 0 saturated heterocycles. The van der Waals surface area contributed by atoms with E-state index < -0.39 is 5.91 Å². The maximum Gasteiger partial charge on any atom is 0.266 e. The van der Waals surface area contributed by atoms with Crippen LogP contribution in [0, 0.1) is 20.8 Å². The molecule has 5 heteroatoms. The second kappa shape index (κ2) is 7.02. The van der Waals surface area contributed by atoms with Gasteiger partial charge in [0.2, 0.25) is 0 Å². The Morgan fingerprint density at radius 3 is 2.28 bits per heavy atom. The van der Waals surface area contributed by atoms with Crippen LogP contribution in [0.2, 0.25) is 0 Å². The Morgan fingerprint density at radius 2 is 1.52 bits per heavy atom. The first-order valence-electron chi connectivity index (χ1n) is 9.33. The summed E-state index contributed by atoms with van der Waals surface area (Å²) in [6, 6.07) is 17.7. The van der Waals surface area contributed by atoms with E-state index in [1.165, 1.54) is 11.0 Å². The fraction of sp³-hybridized carbons (Fsp3) is 0.125. The lowest BCUT2D eigenvalue weighted by atomic mass is 10.1. The van der Waals surface area contributed by atoms with Gasteiger partial charge >= 0.3 is 0 Å². The van der Waals surface area contributed by atoms with Gasteiger partial charge in [-0.2, -0.15) is 0 Å². The van der Waals surface area contributed by atoms with Gasteiger partial charge in [0.1, 0.15) is 0 Å². The molecule has 0 saturated carbocycles. The molecule has 0 radical (unpaired) electrons. The van der Waals surface area contributed by atoms with Crippen LogP contribution in [-0.2, 0) is 0 Å². The van der Waals surface area contributed by atoms with E-state index in [2.05, 4.69) is 5.32 Å². The largest absolute Gasteiger partial charge is 0.322 e. The molecule has 1 aliphatic rings. The standard InChI is InChI=1S/C24H20N2O3/c1-14-5-4-6-18(11-14)25-22(27)17-9-10-19-20(13-17)24(29)26(23(19)28)21-12-15(2)7-8-16(21)3/h4-13H,1-3H3,(H,25,27). The number of benzene rings is 3. The molecule has 0 fully saturated rings. The minimum atomic E-state index is -0.413. The van der Waals surface area contributed by atoms with E-state index in [4.69, 9.17) is 0 Å². The van der Waals surface area contributed by atoms with E-state index in [1.807, 2.05) is 57.2 Å². The topological polar surface area (TPSA) is 66.5 Å². The van der Waals surface area contributed by atoms with Crippen molar-refractivity contribution in [2.45, 2.75) is 20.8 Å². The molecule has 1 N–H and O–H groups in total. The van der Waals surface area contributed by atoms with Gasteiger partial charge in [-0.15, -0.1) is 0 Å². The summed E-state index contributed by atoms with van der Waals surface area (Å²) in [7, 11) is 0. The highest BCUT2D eigenvalue weighted by atomic mass is 16.2. The van der Waals surface area contributed by atoms with Crippen molar-refractivity contribution in [3.63, 3.8) is 0 Å². The number of nitrogens with one attached hydrogen (secondary N) is 1. The average Bonchev–Trinajstić information content (AvgIpc) is 2.94. The van der Waals surface area contributed by atoms with E-state index in [9.17, 15) is 14.4 Å². The number of amides is 3. The van der Waals surface area contributed by atoms with Crippen LogP contribution in [0.25, 0.3) is 0 Å². The Bertz CT molecular complexity index is 1180. The Hall–Kier alpha value is -3.73. The summed E-state index contributed by atoms with van der Waals surface area (Å²) in [5.74, 6) is -1.11. The predicted molar refractivity (Wildman–Crippen MR) is 113 cm³/mol. The Labute approximate surface area is 169 Å². The molecular formula is C24H20N2O3. The third-order valence-electron chi connectivity index (χ3n) is 5.03. The first kappa shape index (κ1) is 18.6. The summed E-state index contributed by atoms with van der Waals surface area (Å²) in [5.41, 5.74) is 4.95. The Morgan fingerprint density at radius 1 is 0.793 bits per heavy atom. The minimum Gasteiger partial charge on any atom is -0.322 e. The van der Waals surface area contributed by atoms with Crippen molar-refractivity contribution in [1.82, 2.24) is 0 Å². The molecular weight excluding hydrogens is 364 g/mol. The maximum absolute atomic E-state index is 13.0. The molecule has 0 aliphatic carbocycles. The summed E-state index contributed by atoms with van der Waals surface area (Å²) in [4.78, 5) is 39.7. The highest BCUT2D eigenvalue weighted by Crippen LogP contribution is 2.32. The molecule has 29 heavy (non-hydrogen) atoms. The third kappa shape index (κ3) is 3.31. The van der Waals surface area contributed by atoms with Gasteiger partial charge in [-0.05, 0) is 73.9 Å². The smallest absolute Gasteiger partial charge is 0.266 e. The molecule has 1 heterocycles. The lowest BCUT2D eigenvalue weighted by Crippen LogP contribution is -2.30. The fourth-order valence-corrected chi connectivity index (χ4v) is 3.49. The minimum absolute atomic E-state index is 0.243. The van der Waals surface area contributed by atoms with Crippen molar-refractivity contribution in [2.75, 3.05) is 10.2 Å². The van der Waals surface area contributed by atoms with E-state index >= 15 is 0 Å². The molecule has 3 aromatic carbocycles. The van der Waals surface area contributed by atoms with Gasteiger partial charge < -0.3 is 5.32 Å². The van der Waals surface area contributed by atoms with Crippen LogP contribution in [0.15, 0.2) is 60.7 Å². The first-order valence-corrected chi connectivity index (χ1v) is 9.33. The van der Waals surface area contributed by atoms with Crippen molar-refractivity contribution in [3.8, 4) is 0 Å². The molecule has 0 spiro atoms. The SMILES string of the molecule is Cc1cccc(NC(=O)c2ccc3c(c2)C(=O)N(c2cc(C)ccc2C)C3=O)c1. The van der Waals surface area contributed by atoms with E-state index in [-0.39, 0.29) is 17.4 Å². The summed E-state index contributed by atoms with van der Waals surface area (Å²) in [6.07, 6.45) is 0. The molecule has 144 valence electrons. The number of rotatable bonds is 3. The van der Waals surface area contributed by atoms with Gasteiger partial charge in [0.05, 0.1) is 16.8 Å². The Kier molecular flexibility index (Phi) is 4.51. The van der Waals surface area contributed by atoms with Gasteiger partial charge in [-0.25, -0.2) is 4.90 Å². The molecule has 4 rings (SSSR count). The second-order valence-corrected chi connectivity index (χ2v) is 7.32. The van der Waals surface area contributed by atoms with Crippen LogP contribution in [-0.4, -0.2) is 17.7 Å². The fourth-order valence-electron chi connectivity index (χ4n) is 3.49. The number of nitrogens with zero attached hydrogens (tertiary/aromatic N) is 1. The summed E-state index contributed by atoms with van der Waals surface area (Å²) < 4.78 is 0. The van der Waals surface area contributed by atoms with Crippen LogP contribution in [0.5, 0.6) is 0 Å². The molecule has 1 aliphatic heterocycles. The Balaban J connectivity index is 1.66. The van der Waals surface area contributed by atoms with Crippen LogP contribution in [0.4, 0.5) is 11.4 Å². The van der Waals surface area contributed by atoms with Crippen LogP contribution in [0.3, 0.4) is 0 Å². The number of anilines is 2. The van der Waals surface area contributed by atoms with Crippen molar-refractivity contribution in [3.05, 3.63) is 94.0 Å². The zero-order valence-electron chi connectivity index (χ0n) is 16.4. The lowest BCUT2D eigenvalue weighted by Gasteiger charge is -2.17. The molecule has 0 unspecified atom stereocenters. The van der Waals surface area contributed by atoms with E-state index in [1.54, 1.807) is 18.2 Å². The number of aryl methyl sites for hydroxylation is 3. The van der Waals surface area contributed by atoms with Gasteiger partial charge in [0, 0.05) is 11.3 Å². The van der Waals surface area contributed by atoms with Crippen molar-refractivity contribution in [2.24, 2.45) is 0 Å². The average molecular weight is 384 g/mol. The normalized spacial score (nSPS) is 12.9. The first-order chi connectivity index (χ1) is 13.8. The number of fused-ring (bicyclic) bond motifs is 1. The summed E-state index contributed by atoms with van der Waals surface area (Å²) in [6.45, 7) is 5.71. The number of hydrogen-bond donors (Lipinski definition) is 1.